The Morgan fingerprint density at radius 1 is 0.844 bits per heavy atom. The second-order valence-electron chi connectivity index (χ2n) is 7.51. The highest BCUT2D eigenvalue weighted by molar-refractivity contribution is 5.99. The lowest BCUT2D eigenvalue weighted by Crippen LogP contribution is -2.38. The Hall–Kier alpha value is -4.19. The van der Waals surface area contributed by atoms with Crippen LogP contribution in [0.4, 0.5) is 4.79 Å². The molecular weight excluding hydrogens is 402 g/mol. The number of hydrogen-bond donors (Lipinski definition) is 2. The molecule has 0 aliphatic heterocycles. The molecule has 0 aliphatic carbocycles. The number of aromatic nitrogens is 2. The van der Waals surface area contributed by atoms with Crippen LogP contribution in [0.1, 0.15) is 34.1 Å². The zero-order valence-corrected chi connectivity index (χ0v) is 17.6. The molecule has 0 saturated heterocycles. The van der Waals surface area contributed by atoms with Gasteiger partial charge >= 0.3 is 6.09 Å². The summed E-state index contributed by atoms with van der Waals surface area (Å²) in [6.45, 7) is 1.51. The standard InChI is InChI=1S/C26H23N3O3/c1-19(28-25(31)32)24(30)23-17-29(18-27-23)26(20-11-5-2-6-12-20,21-13-7-3-8-14-21)22-15-9-4-10-16-22/h2-19,28H,1H3,(H,31,32). The number of carboxylic acid groups (broad SMARTS) is 1. The lowest BCUT2D eigenvalue weighted by atomic mass is 9.77. The van der Waals surface area contributed by atoms with Crippen LogP contribution in [0.15, 0.2) is 104 Å². The highest BCUT2D eigenvalue weighted by Crippen LogP contribution is 2.40. The van der Waals surface area contributed by atoms with E-state index in [2.05, 4.69) is 46.7 Å². The number of carbonyl (C=O) groups is 2. The van der Waals surface area contributed by atoms with E-state index in [0.717, 1.165) is 16.7 Å². The maximum atomic E-state index is 12.8. The van der Waals surface area contributed by atoms with Crippen LogP contribution in [0.5, 0.6) is 0 Å². The van der Waals surface area contributed by atoms with Gasteiger partial charge in [0.15, 0.2) is 0 Å². The molecule has 0 bridgehead atoms. The van der Waals surface area contributed by atoms with Gasteiger partial charge in [-0.15, -0.1) is 0 Å². The average molecular weight is 425 g/mol. The van der Waals surface area contributed by atoms with E-state index >= 15 is 0 Å². The molecule has 1 heterocycles. The van der Waals surface area contributed by atoms with Gasteiger partial charge in [0.2, 0.25) is 5.78 Å². The van der Waals surface area contributed by atoms with E-state index in [9.17, 15) is 9.59 Å². The third-order valence-corrected chi connectivity index (χ3v) is 5.53. The Balaban J connectivity index is 1.95. The first kappa shape index (κ1) is 21.1. The van der Waals surface area contributed by atoms with Gasteiger partial charge in [0.05, 0.1) is 12.4 Å². The van der Waals surface area contributed by atoms with Crippen LogP contribution in [0.3, 0.4) is 0 Å². The van der Waals surface area contributed by atoms with Crippen molar-refractivity contribution in [2.75, 3.05) is 0 Å². The summed E-state index contributed by atoms with van der Waals surface area (Å²) in [5.41, 5.74) is 2.43. The van der Waals surface area contributed by atoms with Gasteiger partial charge in [-0.1, -0.05) is 91.0 Å². The second kappa shape index (κ2) is 8.89. The Kier molecular flexibility index (Phi) is 5.85. The smallest absolute Gasteiger partial charge is 0.405 e. The van der Waals surface area contributed by atoms with Crippen molar-refractivity contribution in [1.82, 2.24) is 14.9 Å². The van der Waals surface area contributed by atoms with Crippen molar-refractivity contribution >= 4 is 11.9 Å². The van der Waals surface area contributed by atoms with Gasteiger partial charge in [-0.3, -0.25) is 4.79 Å². The van der Waals surface area contributed by atoms with Crippen LogP contribution in [0.2, 0.25) is 0 Å². The topological polar surface area (TPSA) is 84.2 Å². The number of Topliss-reactive ketones (excluding diaryl/α,β-unsaturated/α-hetero) is 1. The van der Waals surface area contributed by atoms with Crippen LogP contribution in [0, 0.1) is 0 Å². The summed E-state index contributed by atoms with van der Waals surface area (Å²) >= 11 is 0. The number of benzene rings is 3. The maximum Gasteiger partial charge on any atom is 0.405 e. The largest absolute Gasteiger partial charge is 0.465 e. The number of imidazole rings is 1. The molecule has 1 amide bonds. The number of hydrogen-bond acceptors (Lipinski definition) is 3. The Labute approximate surface area is 186 Å². The van der Waals surface area contributed by atoms with Crippen LogP contribution in [-0.2, 0) is 5.54 Å². The van der Waals surface area contributed by atoms with Crippen molar-refractivity contribution < 1.29 is 14.7 Å². The Morgan fingerprint density at radius 3 is 1.69 bits per heavy atom. The van der Waals surface area contributed by atoms with Crippen molar-refractivity contribution in [3.05, 3.63) is 126 Å². The predicted octanol–water partition coefficient (Wildman–Crippen LogP) is 4.56. The Bertz CT molecular complexity index is 1110. The van der Waals surface area contributed by atoms with E-state index in [4.69, 9.17) is 5.11 Å². The number of amides is 1. The van der Waals surface area contributed by atoms with E-state index in [1.807, 2.05) is 59.2 Å². The predicted molar refractivity (Wildman–Crippen MR) is 122 cm³/mol. The first-order valence-corrected chi connectivity index (χ1v) is 10.3. The van der Waals surface area contributed by atoms with E-state index < -0.39 is 23.5 Å². The number of ketones is 1. The first-order chi connectivity index (χ1) is 15.5. The maximum absolute atomic E-state index is 12.8. The zero-order valence-electron chi connectivity index (χ0n) is 17.6. The molecule has 32 heavy (non-hydrogen) atoms. The summed E-state index contributed by atoms with van der Waals surface area (Å²) < 4.78 is 1.92. The van der Waals surface area contributed by atoms with Gasteiger partial charge in [0.1, 0.15) is 11.2 Å². The van der Waals surface area contributed by atoms with Crippen molar-refractivity contribution in [2.24, 2.45) is 0 Å². The molecule has 0 radical (unpaired) electrons. The van der Waals surface area contributed by atoms with Crippen molar-refractivity contribution in [2.45, 2.75) is 18.5 Å². The third-order valence-electron chi connectivity index (χ3n) is 5.53. The summed E-state index contributed by atoms with van der Waals surface area (Å²) in [7, 11) is 0. The van der Waals surface area contributed by atoms with Gasteiger partial charge in [-0.2, -0.15) is 0 Å². The van der Waals surface area contributed by atoms with Crippen LogP contribution in [0.25, 0.3) is 0 Å². The molecule has 6 nitrogen and oxygen atoms in total. The molecule has 4 aromatic rings. The molecule has 4 rings (SSSR count). The molecule has 2 N–H and O–H groups in total. The summed E-state index contributed by atoms with van der Waals surface area (Å²) in [4.78, 5) is 28.2. The minimum absolute atomic E-state index is 0.193. The number of nitrogens with one attached hydrogen (secondary N) is 1. The number of nitrogens with zero attached hydrogens (tertiary/aromatic N) is 2. The highest BCUT2D eigenvalue weighted by Gasteiger charge is 2.38. The minimum atomic E-state index is -1.25. The molecule has 1 aromatic heterocycles. The lowest BCUT2D eigenvalue weighted by molar-refractivity contribution is 0.0940. The molecule has 1 atom stereocenters. The fourth-order valence-corrected chi connectivity index (χ4v) is 4.09. The van der Waals surface area contributed by atoms with Crippen LogP contribution >= 0.6 is 0 Å². The molecule has 3 aromatic carbocycles. The summed E-state index contributed by atoms with van der Waals surface area (Å²) in [5.74, 6) is -0.394. The molecule has 0 aliphatic rings. The summed E-state index contributed by atoms with van der Waals surface area (Å²) in [6.07, 6.45) is 2.07. The van der Waals surface area contributed by atoms with Crippen LogP contribution < -0.4 is 5.32 Å². The summed E-state index contributed by atoms with van der Waals surface area (Å²) in [5, 5.41) is 11.2. The number of carbonyl (C=O) groups excluding carboxylic acids is 1. The monoisotopic (exact) mass is 425 g/mol. The van der Waals surface area contributed by atoms with Gasteiger partial charge in [-0.25, -0.2) is 9.78 Å². The normalized spacial score (nSPS) is 12.2. The van der Waals surface area contributed by atoms with Gasteiger partial charge in [0, 0.05) is 6.20 Å². The van der Waals surface area contributed by atoms with Crippen molar-refractivity contribution in [3.8, 4) is 0 Å². The minimum Gasteiger partial charge on any atom is -0.465 e. The molecule has 0 saturated carbocycles. The quantitative estimate of drug-likeness (QED) is 0.336. The molecule has 1 unspecified atom stereocenters. The molecule has 0 spiro atoms. The SMILES string of the molecule is CC(NC(=O)O)C(=O)c1cn(C(c2ccccc2)(c2ccccc2)c2ccccc2)cn1. The fraction of sp³-hybridized carbons (Fsp3) is 0.115. The highest BCUT2D eigenvalue weighted by atomic mass is 16.4. The molecule has 6 heteroatoms. The fourth-order valence-electron chi connectivity index (χ4n) is 4.09. The molecule has 160 valence electrons. The Morgan fingerprint density at radius 2 is 1.28 bits per heavy atom. The van der Waals surface area contributed by atoms with Crippen LogP contribution in [-0.4, -0.2) is 32.6 Å². The zero-order chi connectivity index (χ0) is 22.6. The van der Waals surface area contributed by atoms with E-state index in [0.29, 0.717) is 0 Å². The van der Waals surface area contributed by atoms with Gasteiger partial charge in [-0.05, 0) is 23.6 Å². The van der Waals surface area contributed by atoms with E-state index in [1.54, 1.807) is 12.5 Å². The van der Waals surface area contributed by atoms with E-state index in [-0.39, 0.29) is 5.69 Å². The number of rotatable bonds is 7. The first-order valence-electron chi connectivity index (χ1n) is 10.3. The molecule has 0 fully saturated rings. The third kappa shape index (κ3) is 3.78. The van der Waals surface area contributed by atoms with Crippen molar-refractivity contribution in [3.63, 3.8) is 0 Å². The average Bonchev–Trinajstić information content (AvgIpc) is 3.31. The molecular formula is C26H23N3O3. The second-order valence-corrected chi connectivity index (χ2v) is 7.51. The van der Waals surface area contributed by atoms with E-state index in [1.165, 1.54) is 6.92 Å². The summed E-state index contributed by atoms with van der Waals surface area (Å²) in [6, 6.07) is 29.2. The lowest BCUT2D eigenvalue weighted by Gasteiger charge is -2.37. The van der Waals surface area contributed by atoms with Gasteiger partial charge in [0.25, 0.3) is 0 Å². The van der Waals surface area contributed by atoms with Crippen molar-refractivity contribution in [1.29, 1.82) is 0 Å². The van der Waals surface area contributed by atoms with Gasteiger partial charge < -0.3 is 15.0 Å².